The minimum atomic E-state index is 0.534. The molecule has 60 valence electrons. The van der Waals surface area contributed by atoms with Gasteiger partial charge in [-0.05, 0) is 18.3 Å². The molecule has 1 saturated heterocycles. The fourth-order valence-electron chi connectivity index (χ4n) is 0.963. The van der Waals surface area contributed by atoms with E-state index < -0.39 is 0 Å². The summed E-state index contributed by atoms with van der Waals surface area (Å²) in [6.07, 6.45) is 4.47. The Hall–Kier alpha value is -0.0400. The summed E-state index contributed by atoms with van der Waals surface area (Å²) in [5.41, 5.74) is 0.534. The maximum absolute atomic E-state index is 5.15. The van der Waals surface area contributed by atoms with Crippen molar-refractivity contribution in [2.75, 3.05) is 6.61 Å². The van der Waals surface area contributed by atoms with E-state index in [4.69, 9.17) is 4.74 Å². The second-order valence-corrected chi connectivity index (χ2v) is 4.01. The number of hydrogen-bond donors (Lipinski definition) is 0. The highest BCUT2D eigenvalue weighted by atomic mass is 16.6. The number of ether oxygens (including phenoxy) is 1. The van der Waals surface area contributed by atoms with E-state index in [0.717, 1.165) is 6.61 Å². The third-order valence-corrected chi connectivity index (χ3v) is 2.50. The summed E-state index contributed by atoms with van der Waals surface area (Å²) in [6.45, 7) is 7.93. The second kappa shape index (κ2) is 2.91. The highest BCUT2D eigenvalue weighted by molar-refractivity contribution is 4.74. The minimum Gasteiger partial charge on any atom is -0.373 e. The predicted octanol–water partition coefficient (Wildman–Crippen LogP) is 2.60. The molecule has 0 aromatic carbocycles. The van der Waals surface area contributed by atoms with Crippen LogP contribution in [0.3, 0.4) is 0 Å². The Morgan fingerprint density at radius 3 is 2.50 bits per heavy atom. The summed E-state index contributed by atoms with van der Waals surface area (Å²) in [6, 6.07) is 0. The van der Waals surface area contributed by atoms with Crippen molar-refractivity contribution in [2.24, 2.45) is 5.41 Å². The topological polar surface area (TPSA) is 12.5 Å². The fourth-order valence-corrected chi connectivity index (χ4v) is 0.963. The number of epoxide rings is 1. The summed E-state index contributed by atoms with van der Waals surface area (Å²) in [5, 5.41) is 0. The first-order valence-electron chi connectivity index (χ1n) is 4.26. The Labute approximate surface area is 63.8 Å². The Morgan fingerprint density at radius 2 is 2.10 bits per heavy atom. The van der Waals surface area contributed by atoms with Gasteiger partial charge in [0, 0.05) is 0 Å². The summed E-state index contributed by atoms with van der Waals surface area (Å²) >= 11 is 0. The first-order chi connectivity index (χ1) is 4.64. The van der Waals surface area contributed by atoms with Crippen LogP contribution in [0.25, 0.3) is 0 Å². The second-order valence-electron chi connectivity index (χ2n) is 4.01. The van der Waals surface area contributed by atoms with Gasteiger partial charge in [-0.25, -0.2) is 0 Å². The van der Waals surface area contributed by atoms with Gasteiger partial charge in [0.25, 0.3) is 0 Å². The van der Waals surface area contributed by atoms with Crippen molar-refractivity contribution in [3.05, 3.63) is 0 Å². The Balaban J connectivity index is 2.09. The molecule has 0 radical (unpaired) electrons. The van der Waals surface area contributed by atoms with Crippen LogP contribution in [0.2, 0.25) is 0 Å². The van der Waals surface area contributed by atoms with Crippen molar-refractivity contribution in [3.63, 3.8) is 0 Å². The van der Waals surface area contributed by atoms with Gasteiger partial charge in [0.15, 0.2) is 0 Å². The van der Waals surface area contributed by atoms with E-state index in [-0.39, 0.29) is 0 Å². The molecule has 1 unspecified atom stereocenters. The molecule has 1 aliphatic rings. The predicted molar refractivity (Wildman–Crippen MR) is 43.0 cm³/mol. The summed E-state index contributed by atoms with van der Waals surface area (Å²) in [4.78, 5) is 0. The van der Waals surface area contributed by atoms with Gasteiger partial charge in [0.2, 0.25) is 0 Å². The zero-order chi connectivity index (χ0) is 7.61. The van der Waals surface area contributed by atoms with E-state index >= 15 is 0 Å². The van der Waals surface area contributed by atoms with E-state index in [0.29, 0.717) is 11.5 Å². The average Bonchev–Trinajstić information content (AvgIpc) is 2.66. The monoisotopic (exact) mass is 142 g/mol. The molecule has 1 nitrogen and oxygen atoms in total. The third-order valence-electron chi connectivity index (χ3n) is 2.50. The third kappa shape index (κ3) is 2.70. The minimum absolute atomic E-state index is 0.534. The Bertz CT molecular complexity index is 103. The molecular weight excluding hydrogens is 124 g/mol. The van der Waals surface area contributed by atoms with Crippen LogP contribution in [0, 0.1) is 5.41 Å². The quantitative estimate of drug-likeness (QED) is 0.550. The number of hydrogen-bond acceptors (Lipinski definition) is 1. The van der Waals surface area contributed by atoms with Crippen LogP contribution in [-0.2, 0) is 4.74 Å². The molecular formula is C9H18O. The molecule has 0 spiro atoms. The van der Waals surface area contributed by atoms with E-state index in [1.165, 1.54) is 19.3 Å². The highest BCUT2D eigenvalue weighted by Gasteiger charge is 2.25. The summed E-state index contributed by atoms with van der Waals surface area (Å²) in [7, 11) is 0. The van der Waals surface area contributed by atoms with Gasteiger partial charge < -0.3 is 4.74 Å². The summed E-state index contributed by atoms with van der Waals surface area (Å²) in [5.74, 6) is 0. The normalized spacial score (nSPS) is 24.9. The van der Waals surface area contributed by atoms with E-state index in [2.05, 4.69) is 20.8 Å². The molecule has 1 heteroatoms. The first-order valence-corrected chi connectivity index (χ1v) is 4.26. The van der Waals surface area contributed by atoms with Crippen molar-refractivity contribution in [1.29, 1.82) is 0 Å². The lowest BCUT2D eigenvalue weighted by Gasteiger charge is -2.21. The molecule has 0 bridgehead atoms. The lowest BCUT2D eigenvalue weighted by molar-refractivity contribution is 0.287. The molecule has 0 amide bonds. The van der Waals surface area contributed by atoms with E-state index in [9.17, 15) is 0 Å². The molecule has 1 heterocycles. The van der Waals surface area contributed by atoms with Crippen LogP contribution in [-0.4, -0.2) is 12.7 Å². The largest absolute Gasteiger partial charge is 0.373 e. The first kappa shape index (κ1) is 8.06. The van der Waals surface area contributed by atoms with Gasteiger partial charge in [0.1, 0.15) is 0 Å². The maximum atomic E-state index is 5.15. The Kier molecular flexibility index (Phi) is 2.35. The zero-order valence-electron chi connectivity index (χ0n) is 7.31. The van der Waals surface area contributed by atoms with Gasteiger partial charge in [-0.15, -0.1) is 0 Å². The van der Waals surface area contributed by atoms with Gasteiger partial charge in [-0.3, -0.25) is 0 Å². The SMILES string of the molecule is CCC(C)(C)CCC1CO1. The molecule has 10 heavy (non-hydrogen) atoms. The van der Waals surface area contributed by atoms with Crippen LogP contribution in [0.15, 0.2) is 0 Å². The van der Waals surface area contributed by atoms with Crippen molar-refractivity contribution in [3.8, 4) is 0 Å². The molecule has 0 aromatic rings. The standard InChI is InChI=1S/C9H18O/c1-4-9(2,3)6-5-8-7-10-8/h8H,4-7H2,1-3H3. The van der Waals surface area contributed by atoms with Crippen LogP contribution in [0.1, 0.15) is 40.0 Å². The number of rotatable bonds is 4. The van der Waals surface area contributed by atoms with Crippen molar-refractivity contribution >= 4 is 0 Å². The molecule has 0 aromatic heterocycles. The Morgan fingerprint density at radius 1 is 1.50 bits per heavy atom. The molecule has 1 rings (SSSR count). The van der Waals surface area contributed by atoms with Crippen molar-refractivity contribution in [1.82, 2.24) is 0 Å². The molecule has 0 saturated carbocycles. The molecule has 1 fully saturated rings. The highest BCUT2D eigenvalue weighted by Crippen LogP contribution is 2.29. The smallest absolute Gasteiger partial charge is 0.0810 e. The van der Waals surface area contributed by atoms with Crippen LogP contribution >= 0.6 is 0 Å². The molecule has 1 aliphatic heterocycles. The van der Waals surface area contributed by atoms with Gasteiger partial charge in [-0.1, -0.05) is 27.2 Å². The van der Waals surface area contributed by atoms with Crippen molar-refractivity contribution < 1.29 is 4.74 Å². The lowest BCUT2D eigenvalue weighted by atomic mass is 9.85. The molecule has 0 aliphatic carbocycles. The van der Waals surface area contributed by atoms with Crippen LogP contribution in [0.5, 0.6) is 0 Å². The maximum Gasteiger partial charge on any atom is 0.0810 e. The lowest BCUT2D eigenvalue weighted by Crippen LogP contribution is -2.10. The average molecular weight is 142 g/mol. The van der Waals surface area contributed by atoms with Crippen LogP contribution < -0.4 is 0 Å². The van der Waals surface area contributed by atoms with Crippen LogP contribution in [0.4, 0.5) is 0 Å². The zero-order valence-corrected chi connectivity index (χ0v) is 7.31. The van der Waals surface area contributed by atoms with Gasteiger partial charge in [-0.2, -0.15) is 0 Å². The van der Waals surface area contributed by atoms with Crippen molar-refractivity contribution in [2.45, 2.75) is 46.1 Å². The fraction of sp³-hybridized carbons (Fsp3) is 1.00. The van der Waals surface area contributed by atoms with Gasteiger partial charge in [0.05, 0.1) is 12.7 Å². The summed E-state index contributed by atoms with van der Waals surface area (Å²) < 4.78 is 5.15. The van der Waals surface area contributed by atoms with E-state index in [1.807, 2.05) is 0 Å². The molecule has 0 N–H and O–H groups in total. The molecule has 1 atom stereocenters. The van der Waals surface area contributed by atoms with E-state index in [1.54, 1.807) is 0 Å². The van der Waals surface area contributed by atoms with Gasteiger partial charge >= 0.3 is 0 Å².